The van der Waals surface area contributed by atoms with Crippen LogP contribution in [0.1, 0.15) is 35.9 Å². The quantitative estimate of drug-likeness (QED) is 0.657. The zero-order valence-corrected chi connectivity index (χ0v) is 17.8. The predicted octanol–water partition coefficient (Wildman–Crippen LogP) is 4.33. The molecule has 29 heavy (non-hydrogen) atoms. The van der Waals surface area contributed by atoms with Crippen molar-refractivity contribution in [1.29, 1.82) is 0 Å². The van der Waals surface area contributed by atoms with Gasteiger partial charge in [-0.2, -0.15) is 13.5 Å². The van der Waals surface area contributed by atoms with Gasteiger partial charge < -0.3 is 14.9 Å². The maximum atomic E-state index is 13.3. The maximum Gasteiger partial charge on any atom is 0.239 e. The standard InChI is InChI=1S/C23H24N2O3.H2S/c1-14(13-26)12-23(18-7-5-4-6-8-18)19-11-17(9-10-20(19)24-22(23)27)21-15(2)25-28-16(21)3;/h4-11,14,26H,12-13H2,1-3H3,(H,24,27);1H2/t14-,23?;/m1./s1. The number of nitrogens with one attached hydrogen (secondary N) is 1. The van der Waals surface area contributed by atoms with E-state index in [9.17, 15) is 9.90 Å². The zero-order chi connectivity index (χ0) is 19.9. The van der Waals surface area contributed by atoms with Gasteiger partial charge >= 0.3 is 0 Å². The van der Waals surface area contributed by atoms with Gasteiger partial charge in [-0.15, -0.1) is 0 Å². The Balaban J connectivity index is 0.00000240. The summed E-state index contributed by atoms with van der Waals surface area (Å²) in [4.78, 5) is 13.3. The molecule has 6 heteroatoms. The summed E-state index contributed by atoms with van der Waals surface area (Å²) in [6.07, 6.45) is 0.525. The normalized spacial score (nSPS) is 18.7. The smallest absolute Gasteiger partial charge is 0.239 e. The van der Waals surface area contributed by atoms with Crippen molar-refractivity contribution in [3.8, 4) is 11.1 Å². The highest BCUT2D eigenvalue weighted by atomic mass is 32.1. The van der Waals surface area contributed by atoms with Crippen molar-refractivity contribution in [2.45, 2.75) is 32.6 Å². The van der Waals surface area contributed by atoms with E-state index in [0.717, 1.165) is 39.4 Å². The summed E-state index contributed by atoms with van der Waals surface area (Å²) in [5, 5.41) is 16.8. The summed E-state index contributed by atoms with van der Waals surface area (Å²) < 4.78 is 5.34. The highest BCUT2D eigenvalue weighted by Gasteiger charge is 2.48. The van der Waals surface area contributed by atoms with Gasteiger partial charge in [0.05, 0.1) is 5.69 Å². The monoisotopic (exact) mass is 410 g/mol. The molecular formula is C23H26N2O3S. The fraction of sp³-hybridized carbons (Fsp3) is 0.304. The van der Waals surface area contributed by atoms with E-state index in [1.807, 2.05) is 63.2 Å². The fourth-order valence-electron chi connectivity index (χ4n) is 4.33. The first-order chi connectivity index (χ1) is 13.5. The molecule has 2 atom stereocenters. The van der Waals surface area contributed by atoms with Crippen LogP contribution in [0.2, 0.25) is 0 Å². The van der Waals surface area contributed by atoms with Crippen molar-refractivity contribution < 1.29 is 14.4 Å². The third-order valence-corrected chi connectivity index (χ3v) is 5.67. The van der Waals surface area contributed by atoms with Crippen LogP contribution in [0.5, 0.6) is 0 Å². The molecule has 0 radical (unpaired) electrons. The molecule has 0 saturated heterocycles. The minimum atomic E-state index is -0.840. The highest BCUT2D eigenvalue weighted by molar-refractivity contribution is 7.59. The Morgan fingerprint density at radius 2 is 1.90 bits per heavy atom. The molecule has 1 aromatic heterocycles. The molecule has 0 bridgehead atoms. The molecule has 2 N–H and O–H groups in total. The van der Waals surface area contributed by atoms with Gasteiger partial charge in [0.15, 0.2) is 0 Å². The summed E-state index contributed by atoms with van der Waals surface area (Å²) in [5.41, 5.74) is 4.60. The number of amides is 1. The molecule has 2 heterocycles. The Bertz CT molecular complexity index is 1010. The lowest BCUT2D eigenvalue weighted by Gasteiger charge is -2.31. The number of fused-ring (bicyclic) bond motifs is 1. The molecule has 0 spiro atoms. The van der Waals surface area contributed by atoms with E-state index in [0.29, 0.717) is 6.42 Å². The van der Waals surface area contributed by atoms with Gasteiger partial charge in [0.25, 0.3) is 0 Å². The predicted molar refractivity (Wildman–Crippen MR) is 119 cm³/mol. The van der Waals surface area contributed by atoms with E-state index in [1.54, 1.807) is 0 Å². The van der Waals surface area contributed by atoms with Gasteiger partial charge in [0, 0.05) is 17.9 Å². The SMILES string of the molecule is Cc1noc(C)c1-c1ccc2c(c1)C(C[C@@H](C)CO)(c1ccccc1)C(=O)N2.S. The summed E-state index contributed by atoms with van der Waals surface area (Å²) in [6, 6.07) is 15.8. The van der Waals surface area contributed by atoms with Gasteiger partial charge in [-0.1, -0.05) is 48.5 Å². The Kier molecular flexibility index (Phi) is 5.87. The van der Waals surface area contributed by atoms with Crippen LogP contribution >= 0.6 is 13.5 Å². The molecule has 0 fully saturated rings. The van der Waals surface area contributed by atoms with Crippen molar-refractivity contribution in [2.75, 3.05) is 11.9 Å². The second-order valence-corrected chi connectivity index (χ2v) is 7.68. The van der Waals surface area contributed by atoms with Crippen molar-refractivity contribution in [1.82, 2.24) is 5.16 Å². The molecule has 3 aromatic rings. The molecular weight excluding hydrogens is 384 g/mol. The van der Waals surface area contributed by atoms with E-state index < -0.39 is 5.41 Å². The van der Waals surface area contributed by atoms with Crippen LogP contribution in [0.3, 0.4) is 0 Å². The third kappa shape index (κ3) is 3.36. The molecule has 152 valence electrons. The van der Waals surface area contributed by atoms with Crippen LogP contribution in [0, 0.1) is 19.8 Å². The van der Waals surface area contributed by atoms with Crippen LogP contribution in [0.25, 0.3) is 11.1 Å². The van der Waals surface area contributed by atoms with Crippen LogP contribution in [0.15, 0.2) is 53.1 Å². The van der Waals surface area contributed by atoms with Crippen LogP contribution in [-0.2, 0) is 10.2 Å². The summed E-state index contributed by atoms with van der Waals surface area (Å²) in [5.74, 6) is 0.674. The first-order valence-corrected chi connectivity index (χ1v) is 9.53. The number of aromatic nitrogens is 1. The Labute approximate surface area is 177 Å². The molecule has 0 saturated carbocycles. The number of nitrogens with zero attached hydrogens (tertiary/aromatic N) is 1. The highest BCUT2D eigenvalue weighted by Crippen LogP contribution is 2.48. The Morgan fingerprint density at radius 3 is 2.52 bits per heavy atom. The molecule has 1 aliphatic rings. The number of aryl methyl sites for hydroxylation is 2. The molecule has 0 aliphatic carbocycles. The van der Waals surface area contributed by atoms with Crippen molar-refractivity contribution in [2.24, 2.45) is 5.92 Å². The Hall–Kier alpha value is -2.57. The zero-order valence-electron chi connectivity index (χ0n) is 16.8. The topological polar surface area (TPSA) is 75.4 Å². The molecule has 2 aromatic carbocycles. The second kappa shape index (κ2) is 8.05. The van der Waals surface area contributed by atoms with Gasteiger partial charge in [0.1, 0.15) is 11.2 Å². The number of aliphatic hydroxyl groups is 1. The van der Waals surface area contributed by atoms with Crippen molar-refractivity contribution >= 4 is 25.1 Å². The average molecular weight is 411 g/mol. The minimum Gasteiger partial charge on any atom is -0.396 e. The number of hydrogen-bond donors (Lipinski definition) is 2. The maximum absolute atomic E-state index is 13.3. The number of aliphatic hydroxyl groups excluding tert-OH is 1. The lowest BCUT2D eigenvalue weighted by Crippen LogP contribution is -2.38. The van der Waals surface area contributed by atoms with Crippen molar-refractivity contribution in [3.05, 3.63) is 71.1 Å². The molecule has 5 nitrogen and oxygen atoms in total. The number of rotatable bonds is 5. The van der Waals surface area contributed by atoms with Gasteiger partial charge in [-0.05, 0) is 55.0 Å². The van der Waals surface area contributed by atoms with Crippen LogP contribution in [0.4, 0.5) is 5.69 Å². The lowest BCUT2D eigenvalue weighted by molar-refractivity contribution is -0.120. The number of carbonyl (C=O) groups is 1. The first kappa shape index (κ1) is 21.1. The fourth-order valence-corrected chi connectivity index (χ4v) is 4.33. The second-order valence-electron chi connectivity index (χ2n) is 7.68. The van der Waals surface area contributed by atoms with E-state index in [1.165, 1.54) is 0 Å². The van der Waals surface area contributed by atoms with Crippen LogP contribution in [-0.4, -0.2) is 22.8 Å². The number of hydrogen-bond acceptors (Lipinski definition) is 4. The minimum absolute atomic E-state index is 0. The summed E-state index contributed by atoms with van der Waals surface area (Å²) in [7, 11) is 0. The first-order valence-electron chi connectivity index (χ1n) is 9.53. The molecule has 1 amide bonds. The van der Waals surface area contributed by atoms with E-state index in [4.69, 9.17) is 4.52 Å². The summed E-state index contributed by atoms with van der Waals surface area (Å²) in [6.45, 7) is 5.81. The molecule has 1 aliphatic heterocycles. The number of benzene rings is 2. The third-order valence-electron chi connectivity index (χ3n) is 5.67. The van der Waals surface area contributed by atoms with Gasteiger partial charge in [-0.3, -0.25) is 4.79 Å². The van der Waals surface area contributed by atoms with E-state index in [-0.39, 0.29) is 31.9 Å². The van der Waals surface area contributed by atoms with Crippen LogP contribution < -0.4 is 5.32 Å². The van der Waals surface area contributed by atoms with Gasteiger partial charge in [-0.25, -0.2) is 0 Å². The summed E-state index contributed by atoms with van der Waals surface area (Å²) >= 11 is 0. The largest absolute Gasteiger partial charge is 0.396 e. The Morgan fingerprint density at radius 1 is 1.17 bits per heavy atom. The van der Waals surface area contributed by atoms with E-state index in [2.05, 4.69) is 16.5 Å². The average Bonchev–Trinajstić information content (AvgIpc) is 3.18. The van der Waals surface area contributed by atoms with Crippen molar-refractivity contribution in [3.63, 3.8) is 0 Å². The van der Waals surface area contributed by atoms with Gasteiger partial charge in [0.2, 0.25) is 5.91 Å². The number of anilines is 1. The van der Waals surface area contributed by atoms with E-state index >= 15 is 0 Å². The molecule has 1 unspecified atom stereocenters. The number of carbonyl (C=O) groups excluding carboxylic acids is 1. The molecule has 4 rings (SSSR count). The lowest BCUT2D eigenvalue weighted by atomic mass is 9.69.